The van der Waals surface area contributed by atoms with Gasteiger partial charge in [0, 0.05) is 11.3 Å². The number of ketones is 1. The summed E-state index contributed by atoms with van der Waals surface area (Å²) >= 11 is 0. The molecule has 3 aliphatic rings. The molecule has 0 spiro atoms. The Bertz CT molecular complexity index is 1170. The van der Waals surface area contributed by atoms with Crippen molar-refractivity contribution >= 4 is 29.3 Å². The van der Waals surface area contributed by atoms with E-state index in [1.807, 2.05) is 18.2 Å². The quantitative estimate of drug-likeness (QED) is 0.591. The van der Waals surface area contributed by atoms with Gasteiger partial charge in [-0.25, -0.2) is 4.79 Å². The molecule has 0 aromatic heterocycles. The number of rotatable bonds is 4. The molecule has 7 nitrogen and oxygen atoms in total. The summed E-state index contributed by atoms with van der Waals surface area (Å²) in [5.74, 6) is -1.24. The van der Waals surface area contributed by atoms with Gasteiger partial charge in [-0.1, -0.05) is 18.2 Å². The van der Waals surface area contributed by atoms with Crippen LogP contribution >= 0.6 is 0 Å². The van der Waals surface area contributed by atoms with Crippen LogP contribution in [0.4, 0.5) is 10.5 Å². The lowest BCUT2D eigenvalue weighted by Crippen LogP contribution is -2.41. The molecule has 158 valence electrons. The van der Waals surface area contributed by atoms with Crippen LogP contribution in [0.5, 0.6) is 0 Å². The molecular weight excluding hydrogens is 394 g/mol. The summed E-state index contributed by atoms with van der Waals surface area (Å²) in [5.41, 5.74) is 3.84. The van der Waals surface area contributed by atoms with E-state index >= 15 is 0 Å². The maximum Gasteiger partial charge on any atom is 0.325 e. The second-order valence-electron chi connectivity index (χ2n) is 8.72. The number of carbonyl (C=O) groups is 4. The van der Waals surface area contributed by atoms with Crippen LogP contribution in [0.15, 0.2) is 36.4 Å². The number of hydrogen-bond donors (Lipinski definition) is 2. The summed E-state index contributed by atoms with van der Waals surface area (Å²) in [7, 11) is 0. The Morgan fingerprint density at radius 2 is 1.87 bits per heavy atom. The van der Waals surface area contributed by atoms with Gasteiger partial charge in [0.1, 0.15) is 5.54 Å². The van der Waals surface area contributed by atoms with Gasteiger partial charge >= 0.3 is 6.03 Å². The minimum atomic E-state index is -1.20. The highest BCUT2D eigenvalue weighted by atomic mass is 16.2. The number of benzene rings is 2. The van der Waals surface area contributed by atoms with Crippen molar-refractivity contribution in [2.24, 2.45) is 0 Å². The van der Waals surface area contributed by atoms with Crippen molar-refractivity contribution in [2.45, 2.75) is 44.6 Å². The number of urea groups is 1. The van der Waals surface area contributed by atoms with Crippen LogP contribution in [-0.2, 0) is 28.0 Å². The van der Waals surface area contributed by atoms with Gasteiger partial charge in [0.05, 0.1) is 12.5 Å². The Morgan fingerprint density at radius 3 is 2.68 bits per heavy atom. The first kappa shape index (κ1) is 19.5. The van der Waals surface area contributed by atoms with Gasteiger partial charge in [-0.3, -0.25) is 19.3 Å². The van der Waals surface area contributed by atoms with Crippen LogP contribution in [0.1, 0.15) is 58.8 Å². The van der Waals surface area contributed by atoms with E-state index < -0.39 is 17.5 Å². The first-order valence-corrected chi connectivity index (χ1v) is 10.5. The van der Waals surface area contributed by atoms with Crippen molar-refractivity contribution in [3.63, 3.8) is 0 Å². The minimum absolute atomic E-state index is 0.112. The summed E-state index contributed by atoms with van der Waals surface area (Å²) in [6.07, 6.45) is 3.10. The molecule has 2 aromatic rings. The second-order valence-corrected chi connectivity index (χ2v) is 8.72. The first-order chi connectivity index (χ1) is 14.8. The number of amides is 4. The van der Waals surface area contributed by atoms with Gasteiger partial charge in [-0.05, 0) is 73.6 Å². The SMILES string of the molecule is C[C@@H]1C(=O)Nc2ccc(C(=O)CN3C(=O)N[C@](C)(c4ccc5c(c4)CCC5)C3=O)cc21. The molecular formula is C24H23N3O4. The molecule has 2 aromatic carbocycles. The molecule has 2 atom stereocenters. The number of carbonyl (C=O) groups excluding carboxylic acids is 4. The predicted molar refractivity (Wildman–Crippen MR) is 114 cm³/mol. The smallest absolute Gasteiger partial charge is 0.325 e. The Morgan fingerprint density at radius 1 is 1.10 bits per heavy atom. The summed E-state index contributed by atoms with van der Waals surface area (Å²) in [6.45, 7) is 3.11. The maximum absolute atomic E-state index is 13.2. The summed E-state index contributed by atoms with van der Waals surface area (Å²) in [6, 6.07) is 10.3. The van der Waals surface area contributed by atoms with Gasteiger partial charge in [-0.2, -0.15) is 0 Å². The van der Waals surface area contributed by atoms with Crippen molar-refractivity contribution in [1.29, 1.82) is 0 Å². The summed E-state index contributed by atoms with van der Waals surface area (Å²) < 4.78 is 0. The zero-order chi connectivity index (χ0) is 21.9. The molecule has 2 aliphatic heterocycles. The standard InChI is InChI=1S/C24H23N3O4/c1-13-18-11-16(7-9-19(18)25-21(13)29)20(28)12-27-22(30)24(2,26-23(27)31)17-8-6-14-4-3-5-15(14)10-17/h6-11,13H,3-5,12H2,1-2H3,(H,25,29)(H,26,31)/t13-,24+/m0/s1. The predicted octanol–water partition coefficient (Wildman–Crippen LogP) is 2.88. The van der Waals surface area contributed by atoms with Crippen LogP contribution < -0.4 is 10.6 Å². The van der Waals surface area contributed by atoms with Gasteiger partial charge < -0.3 is 10.6 Å². The molecule has 0 unspecified atom stereocenters. The zero-order valence-corrected chi connectivity index (χ0v) is 17.5. The fourth-order valence-electron chi connectivity index (χ4n) is 4.74. The van der Waals surface area contributed by atoms with Crippen molar-refractivity contribution in [3.05, 3.63) is 64.2 Å². The molecule has 0 saturated carbocycles. The van der Waals surface area contributed by atoms with Crippen molar-refractivity contribution in [2.75, 3.05) is 11.9 Å². The zero-order valence-electron chi connectivity index (χ0n) is 17.5. The highest BCUT2D eigenvalue weighted by Gasteiger charge is 2.49. The largest absolute Gasteiger partial charge is 0.325 e. The van der Waals surface area contributed by atoms with E-state index in [4.69, 9.17) is 0 Å². The Balaban J connectivity index is 1.38. The third-order valence-electron chi connectivity index (χ3n) is 6.74. The maximum atomic E-state index is 13.2. The highest BCUT2D eigenvalue weighted by molar-refractivity contribution is 6.12. The van der Waals surface area contributed by atoms with Gasteiger partial charge in [-0.15, -0.1) is 0 Å². The molecule has 7 heteroatoms. The average Bonchev–Trinajstić information content (AvgIpc) is 3.40. The van der Waals surface area contributed by atoms with Crippen molar-refractivity contribution in [1.82, 2.24) is 10.2 Å². The van der Waals surface area contributed by atoms with Crippen molar-refractivity contribution in [3.8, 4) is 0 Å². The summed E-state index contributed by atoms with van der Waals surface area (Å²) in [4.78, 5) is 51.6. The fraction of sp³-hybridized carbons (Fsp3) is 0.333. The Hall–Kier alpha value is -3.48. The minimum Gasteiger partial charge on any atom is -0.325 e. The van der Waals surface area contributed by atoms with Crippen LogP contribution in [0, 0.1) is 0 Å². The normalized spacial score (nSPS) is 24.1. The van der Waals surface area contributed by atoms with Gasteiger partial charge in [0.15, 0.2) is 5.78 Å². The number of hydrogen-bond acceptors (Lipinski definition) is 4. The molecule has 1 aliphatic carbocycles. The van der Waals surface area contributed by atoms with E-state index in [1.54, 1.807) is 32.0 Å². The number of fused-ring (bicyclic) bond motifs is 2. The number of imide groups is 1. The summed E-state index contributed by atoms with van der Waals surface area (Å²) in [5, 5.41) is 5.55. The van der Waals surface area contributed by atoms with E-state index in [0.29, 0.717) is 11.3 Å². The van der Waals surface area contributed by atoms with E-state index in [1.165, 1.54) is 11.1 Å². The molecule has 31 heavy (non-hydrogen) atoms. The third-order valence-corrected chi connectivity index (χ3v) is 6.74. The number of anilines is 1. The Kier molecular flexibility index (Phi) is 4.25. The van der Waals surface area contributed by atoms with Crippen LogP contribution in [-0.4, -0.2) is 35.1 Å². The van der Waals surface area contributed by atoms with Crippen molar-refractivity contribution < 1.29 is 19.2 Å². The molecule has 1 saturated heterocycles. The molecule has 2 heterocycles. The molecule has 4 amide bonds. The Labute approximate surface area is 179 Å². The molecule has 0 bridgehead atoms. The molecule has 2 N–H and O–H groups in total. The second kappa shape index (κ2) is 6.77. The van der Waals surface area contributed by atoms with Crippen LogP contribution in [0.25, 0.3) is 0 Å². The lowest BCUT2D eigenvalue weighted by molar-refractivity contribution is -0.130. The van der Waals surface area contributed by atoms with E-state index in [-0.39, 0.29) is 24.2 Å². The molecule has 1 fully saturated rings. The van der Waals surface area contributed by atoms with E-state index in [2.05, 4.69) is 10.6 Å². The highest BCUT2D eigenvalue weighted by Crippen LogP contribution is 2.34. The van der Waals surface area contributed by atoms with E-state index in [9.17, 15) is 19.2 Å². The monoisotopic (exact) mass is 417 g/mol. The lowest BCUT2D eigenvalue weighted by atomic mass is 9.89. The number of nitrogens with zero attached hydrogens (tertiary/aromatic N) is 1. The van der Waals surface area contributed by atoms with Crippen LogP contribution in [0.2, 0.25) is 0 Å². The first-order valence-electron chi connectivity index (χ1n) is 10.5. The number of nitrogens with one attached hydrogen (secondary N) is 2. The number of aryl methyl sites for hydroxylation is 2. The third kappa shape index (κ3) is 2.95. The van der Waals surface area contributed by atoms with Gasteiger partial charge in [0.2, 0.25) is 5.91 Å². The lowest BCUT2D eigenvalue weighted by Gasteiger charge is -2.23. The average molecular weight is 417 g/mol. The molecule has 5 rings (SSSR count). The molecule has 0 radical (unpaired) electrons. The fourth-order valence-corrected chi connectivity index (χ4v) is 4.74. The van der Waals surface area contributed by atoms with Gasteiger partial charge in [0.25, 0.3) is 5.91 Å². The number of Topliss-reactive ketones (excluding diaryl/α,β-unsaturated/α-hetero) is 1. The topological polar surface area (TPSA) is 95.6 Å². The van der Waals surface area contributed by atoms with E-state index in [0.717, 1.165) is 35.3 Å². The van der Waals surface area contributed by atoms with Crippen LogP contribution in [0.3, 0.4) is 0 Å².